The Hall–Kier alpha value is -1.59. The molecule has 0 unspecified atom stereocenters. The number of pyridine rings is 2. The molecule has 0 radical (unpaired) electrons. The van der Waals surface area contributed by atoms with Crippen LogP contribution < -0.4 is 20.5 Å². The number of hydrogen-bond donors (Lipinski definition) is 2. The number of hydrogen-bond acceptors (Lipinski definition) is 6. The molecule has 6 nitrogen and oxygen atoms in total. The van der Waals surface area contributed by atoms with Crippen LogP contribution in [0.15, 0.2) is 60.7 Å². The highest BCUT2D eigenvalue weighted by Crippen LogP contribution is 2.30. The van der Waals surface area contributed by atoms with Crippen LogP contribution in [0.5, 0.6) is 11.5 Å². The van der Waals surface area contributed by atoms with Gasteiger partial charge in [-0.2, -0.15) is 0 Å². The number of aromatic nitrogens is 2. The van der Waals surface area contributed by atoms with Gasteiger partial charge in [-0.1, -0.05) is 69.6 Å². The zero-order valence-electron chi connectivity index (χ0n) is 19.2. The second-order valence-electron chi connectivity index (χ2n) is 6.80. The molecule has 0 atom stereocenters. The number of anilines is 3. The minimum Gasteiger partial charge on any atom is -0.495 e. The van der Waals surface area contributed by atoms with Gasteiger partial charge in [0.05, 0.1) is 24.3 Å². The molecule has 13 heteroatoms. The van der Waals surface area contributed by atoms with Crippen LogP contribution in [-0.2, 0) is 0 Å². The number of nitrogens with two attached hydrogens (primary N) is 1. The van der Waals surface area contributed by atoms with E-state index in [1.54, 1.807) is 68.8 Å². The van der Waals surface area contributed by atoms with Crippen molar-refractivity contribution in [2.24, 2.45) is 0 Å². The van der Waals surface area contributed by atoms with Crippen LogP contribution in [0, 0.1) is 3.57 Å². The third-order valence-electron chi connectivity index (χ3n) is 4.11. The quantitative estimate of drug-likeness (QED) is 0.124. The maximum absolute atomic E-state index is 6.03. The van der Waals surface area contributed by atoms with Crippen LogP contribution in [-0.4, -0.2) is 24.2 Å². The van der Waals surface area contributed by atoms with Crippen molar-refractivity contribution in [2.45, 2.75) is 0 Å². The molecule has 2 aromatic heterocycles. The highest BCUT2D eigenvalue weighted by atomic mass is 127. The molecule has 0 aliphatic heterocycles. The Kier molecular flexibility index (Phi) is 13.4. The Morgan fingerprint density at radius 2 is 1.11 bits per heavy atom. The minimum atomic E-state index is 0.324. The van der Waals surface area contributed by atoms with E-state index in [2.05, 4.69) is 37.9 Å². The van der Waals surface area contributed by atoms with Crippen LogP contribution >= 0.6 is 92.2 Å². The van der Waals surface area contributed by atoms with Gasteiger partial charge in [-0.15, -0.1) is 0 Å². The van der Waals surface area contributed by atoms with Gasteiger partial charge in [-0.25, -0.2) is 9.97 Å². The molecule has 2 aromatic carbocycles. The average Bonchev–Trinajstić information content (AvgIpc) is 2.78. The molecule has 0 saturated heterocycles. The van der Waals surface area contributed by atoms with Crippen molar-refractivity contribution >= 4 is 109 Å². The third-order valence-corrected chi connectivity index (χ3v) is 6.09. The maximum Gasteiger partial charge on any atom is 0.137 e. The van der Waals surface area contributed by atoms with Crippen LogP contribution in [0.1, 0.15) is 0 Å². The van der Waals surface area contributed by atoms with Crippen LogP contribution in [0.2, 0.25) is 30.7 Å². The van der Waals surface area contributed by atoms with Crippen molar-refractivity contribution in [1.29, 1.82) is 0 Å². The first kappa shape index (κ1) is 31.6. The molecule has 0 saturated carbocycles. The molecule has 196 valence electrons. The van der Waals surface area contributed by atoms with Gasteiger partial charge >= 0.3 is 0 Å². The fraction of sp³-hybridized carbons (Fsp3) is 0.0833. The monoisotopic (exact) mass is 732 g/mol. The number of nitrogens with zero attached hydrogens (tertiary/aromatic N) is 2. The van der Waals surface area contributed by atoms with Gasteiger partial charge in [0.1, 0.15) is 32.1 Å². The number of halogens is 7. The molecule has 0 bridgehead atoms. The number of rotatable bonds is 4. The van der Waals surface area contributed by atoms with Crippen molar-refractivity contribution in [1.82, 2.24) is 9.97 Å². The van der Waals surface area contributed by atoms with E-state index < -0.39 is 0 Å². The summed E-state index contributed by atoms with van der Waals surface area (Å²) < 4.78 is 11.0. The lowest BCUT2D eigenvalue weighted by Crippen LogP contribution is -1.92. The number of nitrogens with one attached hydrogen (secondary N) is 1. The van der Waals surface area contributed by atoms with Crippen molar-refractivity contribution < 1.29 is 9.47 Å². The fourth-order valence-corrected chi connectivity index (χ4v) is 4.97. The second kappa shape index (κ2) is 15.7. The highest BCUT2D eigenvalue weighted by Gasteiger charge is 2.04. The van der Waals surface area contributed by atoms with Gasteiger partial charge in [0.15, 0.2) is 0 Å². The third kappa shape index (κ3) is 11.4. The smallest absolute Gasteiger partial charge is 0.137 e. The molecule has 37 heavy (non-hydrogen) atoms. The van der Waals surface area contributed by atoms with Gasteiger partial charge in [0, 0.05) is 20.6 Å². The van der Waals surface area contributed by atoms with Crippen LogP contribution in [0.3, 0.4) is 0 Å². The molecule has 4 rings (SSSR count). The van der Waals surface area contributed by atoms with E-state index in [9.17, 15) is 0 Å². The standard InChI is InChI=1S/C12H9Cl3N2O.C7H8ClNO.C5H2Cl2IN/c1-18-10-3-2-7(4-9(10)13)16-8-5-11(14)17-12(15)6-8;1-10-7-3-2-5(9)4-6(7)8;6-4-1-3(8)2-5(7)9-4/h2-6H,1H3,(H,16,17);2-4H,9H2,1H3;1-2H. The van der Waals surface area contributed by atoms with Crippen LogP contribution in [0.25, 0.3) is 0 Å². The summed E-state index contributed by atoms with van der Waals surface area (Å²) in [6, 6.07) is 17.3. The Morgan fingerprint density at radius 1 is 0.649 bits per heavy atom. The summed E-state index contributed by atoms with van der Waals surface area (Å²) in [5.74, 6) is 1.27. The van der Waals surface area contributed by atoms with Gasteiger partial charge in [-0.05, 0) is 83.3 Å². The Balaban J connectivity index is 0.000000214. The van der Waals surface area contributed by atoms with Gasteiger partial charge in [-0.3, -0.25) is 0 Å². The molecule has 0 aliphatic carbocycles. The lowest BCUT2D eigenvalue weighted by Gasteiger charge is -2.09. The summed E-state index contributed by atoms with van der Waals surface area (Å²) in [6.07, 6.45) is 0. The van der Waals surface area contributed by atoms with E-state index in [0.717, 1.165) is 14.9 Å². The molecule has 0 amide bonds. The first-order chi connectivity index (χ1) is 17.5. The van der Waals surface area contributed by atoms with Gasteiger partial charge in [0.25, 0.3) is 0 Å². The lowest BCUT2D eigenvalue weighted by atomic mass is 10.3. The molecule has 2 heterocycles. The van der Waals surface area contributed by atoms with E-state index in [1.807, 2.05) is 6.07 Å². The van der Waals surface area contributed by atoms with Crippen molar-refractivity contribution in [3.05, 3.63) is 94.9 Å². The summed E-state index contributed by atoms with van der Waals surface area (Å²) in [5.41, 5.74) is 7.63. The molecule has 0 spiro atoms. The van der Waals surface area contributed by atoms with E-state index >= 15 is 0 Å². The number of nitrogen functional groups attached to an aromatic ring is 1. The summed E-state index contributed by atoms with van der Waals surface area (Å²) in [4.78, 5) is 7.63. The first-order valence-electron chi connectivity index (χ1n) is 10.0. The molecular formula is C24H19Cl6IN4O2. The maximum atomic E-state index is 6.03. The summed E-state index contributed by atoms with van der Waals surface area (Å²) in [7, 11) is 3.13. The minimum absolute atomic E-state index is 0.324. The highest BCUT2D eigenvalue weighted by molar-refractivity contribution is 14.1. The lowest BCUT2D eigenvalue weighted by molar-refractivity contribution is 0.415. The normalized spacial score (nSPS) is 9.86. The first-order valence-corrected chi connectivity index (χ1v) is 13.4. The Bertz CT molecular complexity index is 1280. The second-order valence-corrected chi connectivity index (χ2v) is 10.4. The average molecular weight is 735 g/mol. The van der Waals surface area contributed by atoms with E-state index in [-0.39, 0.29) is 0 Å². The molecular weight excluding hydrogens is 716 g/mol. The zero-order valence-corrected chi connectivity index (χ0v) is 25.9. The summed E-state index contributed by atoms with van der Waals surface area (Å²) in [6.45, 7) is 0. The van der Waals surface area contributed by atoms with Gasteiger partial charge < -0.3 is 20.5 Å². The molecule has 0 aliphatic rings. The zero-order chi connectivity index (χ0) is 27.5. The van der Waals surface area contributed by atoms with E-state index in [4.69, 9.17) is 84.8 Å². The van der Waals surface area contributed by atoms with E-state index in [0.29, 0.717) is 47.8 Å². The van der Waals surface area contributed by atoms with Crippen LogP contribution in [0.4, 0.5) is 17.1 Å². The topological polar surface area (TPSA) is 82.3 Å². The molecule has 0 fully saturated rings. The Labute approximate surface area is 258 Å². The summed E-state index contributed by atoms with van der Waals surface area (Å²) in [5, 5.41) is 5.72. The van der Waals surface area contributed by atoms with Crippen molar-refractivity contribution in [3.8, 4) is 11.5 Å². The molecule has 3 N–H and O–H groups in total. The van der Waals surface area contributed by atoms with Gasteiger partial charge in [0.2, 0.25) is 0 Å². The predicted molar refractivity (Wildman–Crippen MR) is 165 cm³/mol. The Morgan fingerprint density at radius 3 is 1.54 bits per heavy atom. The van der Waals surface area contributed by atoms with E-state index in [1.165, 1.54) is 0 Å². The predicted octanol–water partition coefficient (Wildman–Crippen LogP) is 9.72. The van der Waals surface area contributed by atoms with Crippen molar-refractivity contribution in [3.63, 3.8) is 0 Å². The summed E-state index contributed by atoms with van der Waals surface area (Å²) >= 11 is 36.6. The fourth-order valence-electron chi connectivity index (χ4n) is 2.57. The number of ether oxygens (including phenoxy) is 2. The SMILES string of the molecule is COc1ccc(N)cc1Cl.COc1ccc(Nc2cc(Cl)nc(Cl)c2)cc1Cl.Clc1cc(I)cc(Cl)n1. The largest absolute Gasteiger partial charge is 0.495 e. The molecule has 4 aromatic rings. The number of methoxy groups -OCH3 is 2. The number of benzene rings is 2. The van der Waals surface area contributed by atoms with Crippen molar-refractivity contribution in [2.75, 3.05) is 25.3 Å².